The lowest BCUT2D eigenvalue weighted by Crippen LogP contribution is -2.61. The molecule has 0 aliphatic carbocycles. The van der Waals surface area contributed by atoms with Crippen molar-refractivity contribution in [3.05, 3.63) is 35.9 Å². The summed E-state index contributed by atoms with van der Waals surface area (Å²) in [6.07, 6.45) is 2.18. The molecule has 3 heteroatoms. The Bertz CT molecular complexity index is 378. The second-order valence-corrected chi connectivity index (χ2v) is 5.87. The second kappa shape index (κ2) is 7.21. The molecule has 1 aromatic rings. The number of hydrogen-bond donors (Lipinski definition) is 1. The Morgan fingerprint density at radius 3 is 2.20 bits per heavy atom. The number of likely N-dealkylation sites (N-methyl/N-ethyl adjacent to an activating group) is 1. The summed E-state index contributed by atoms with van der Waals surface area (Å²) >= 11 is 0. The molecule has 1 saturated heterocycles. The summed E-state index contributed by atoms with van der Waals surface area (Å²) < 4.78 is 0. The summed E-state index contributed by atoms with van der Waals surface area (Å²) in [5.74, 6) is 0. The monoisotopic (exact) mass is 275 g/mol. The summed E-state index contributed by atoms with van der Waals surface area (Å²) in [6.45, 7) is 11.1. The molecule has 1 aliphatic rings. The van der Waals surface area contributed by atoms with E-state index >= 15 is 0 Å². The van der Waals surface area contributed by atoms with Crippen LogP contribution < -0.4 is 5.73 Å². The molecule has 0 amide bonds. The van der Waals surface area contributed by atoms with E-state index in [4.69, 9.17) is 5.73 Å². The predicted octanol–water partition coefficient (Wildman–Crippen LogP) is 1.97. The molecular weight excluding hydrogens is 246 g/mol. The Balaban J connectivity index is 2.09. The van der Waals surface area contributed by atoms with Gasteiger partial charge in [-0.2, -0.15) is 0 Å². The summed E-state index contributed by atoms with van der Waals surface area (Å²) in [4.78, 5) is 5.15. The van der Waals surface area contributed by atoms with Crippen LogP contribution in [0.4, 0.5) is 0 Å². The molecule has 2 N–H and O–H groups in total. The van der Waals surface area contributed by atoms with Gasteiger partial charge in [-0.3, -0.25) is 4.90 Å². The van der Waals surface area contributed by atoms with Gasteiger partial charge in [0.05, 0.1) is 0 Å². The lowest BCUT2D eigenvalue weighted by molar-refractivity contribution is 0.0349. The molecule has 0 spiro atoms. The number of rotatable bonds is 6. The Morgan fingerprint density at radius 1 is 1.05 bits per heavy atom. The molecule has 1 atom stereocenters. The Labute approximate surface area is 123 Å². The highest BCUT2D eigenvalue weighted by Gasteiger charge is 2.35. The van der Waals surface area contributed by atoms with Crippen LogP contribution in [0.15, 0.2) is 30.3 Å². The smallest absolute Gasteiger partial charge is 0.0370 e. The average molecular weight is 275 g/mol. The first kappa shape index (κ1) is 15.5. The predicted molar refractivity (Wildman–Crippen MR) is 85.9 cm³/mol. The van der Waals surface area contributed by atoms with Gasteiger partial charge in [0.2, 0.25) is 0 Å². The van der Waals surface area contributed by atoms with E-state index in [0.29, 0.717) is 0 Å². The molecule has 1 aliphatic heterocycles. The second-order valence-electron chi connectivity index (χ2n) is 5.87. The van der Waals surface area contributed by atoms with E-state index in [1.807, 2.05) is 0 Å². The normalized spacial score (nSPS) is 20.8. The van der Waals surface area contributed by atoms with Crippen LogP contribution in [-0.2, 0) is 6.42 Å². The number of nitrogens with zero attached hydrogens (tertiary/aromatic N) is 2. The first-order valence-corrected chi connectivity index (χ1v) is 7.95. The third-order valence-electron chi connectivity index (χ3n) is 4.90. The molecule has 0 aromatic heterocycles. The maximum Gasteiger partial charge on any atom is 0.0370 e. The van der Waals surface area contributed by atoms with E-state index in [1.54, 1.807) is 0 Å². The maximum atomic E-state index is 6.21. The van der Waals surface area contributed by atoms with E-state index in [-0.39, 0.29) is 5.54 Å². The molecule has 20 heavy (non-hydrogen) atoms. The number of nitrogens with two attached hydrogens (primary N) is 1. The molecule has 0 saturated carbocycles. The standard InChI is InChI=1S/C17H29N3/c1-3-17(15-18,14-16-8-6-5-7-9-16)20-12-10-19(4-2)11-13-20/h5-9H,3-4,10-15,18H2,1-2H3. The maximum absolute atomic E-state index is 6.21. The molecule has 112 valence electrons. The Kier molecular flexibility index (Phi) is 5.58. The van der Waals surface area contributed by atoms with Crippen molar-refractivity contribution in [3.8, 4) is 0 Å². The topological polar surface area (TPSA) is 32.5 Å². The number of hydrogen-bond acceptors (Lipinski definition) is 3. The fourth-order valence-electron chi connectivity index (χ4n) is 3.32. The van der Waals surface area contributed by atoms with Gasteiger partial charge in [-0.05, 0) is 24.9 Å². The lowest BCUT2D eigenvalue weighted by atomic mass is 9.85. The Morgan fingerprint density at radius 2 is 1.70 bits per heavy atom. The minimum Gasteiger partial charge on any atom is -0.329 e. The quantitative estimate of drug-likeness (QED) is 0.861. The fraction of sp³-hybridized carbons (Fsp3) is 0.647. The lowest BCUT2D eigenvalue weighted by Gasteiger charge is -2.47. The average Bonchev–Trinajstić information content (AvgIpc) is 2.54. The number of benzene rings is 1. The summed E-state index contributed by atoms with van der Waals surface area (Å²) in [6, 6.07) is 10.8. The van der Waals surface area contributed by atoms with E-state index in [1.165, 1.54) is 18.7 Å². The number of piperazine rings is 1. The molecular formula is C17H29N3. The first-order valence-electron chi connectivity index (χ1n) is 7.95. The highest BCUT2D eigenvalue weighted by molar-refractivity contribution is 5.18. The summed E-state index contributed by atoms with van der Waals surface area (Å²) in [7, 11) is 0. The van der Waals surface area contributed by atoms with Crippen molar-refractivity contribution in [1.82, 2.24) is 9.80 Å². The molecule has 3 nitrogen and oxygen atoms in total. The van der Waals surface area contributed by atoms with Crippen LogP contribution in [-0.4, -0.2) is 54.6 Å². The molecule has 1 unspecified atom stereocenters. The van der Waals surface area contributed by atoms with Crippen LogP contribution in [0.1, 0.15) is 25.8 Å². The molecule has 2 rings (SSSR count). The van der Waals surface area contributed by atoms with Gasteiger partial charge in [0.1, 0.15) is 0 Å². The highest BCUT2D eigenvalue weighted by Crippen LogP contribution is 2.25. The van der Waals surface area contributed by atoms with Crippen LogP contribution in [0.25, 0.3) is 0 Å². The SMILES string of the molecule is CCN1CCN(C(CC)(CN)Cc2ccccc2)CC1. The molecule has 0 bridgehead atoms. The zero-order valence-corrected chi connectivity index (χ0v) is 13.0. The van der Waals surface area contributed by atoms with Crippen molar-refractivity contribution in [2.24, 2.45) is 5.73 Å². The van der Waals surface area contributed by atoms with E-state index in [0.717, 1.165) is 39.0 Å². The summed E-state index contributed by atoms with van der Waals surface area (Å²) in [5, 5.41) is 0. The van der Waals surface area contributed by atoms with E-state index in [9.17, 15) is 0 Å². The van der Waals surface area contributed by atoms with Gasteiger partial charge >= 0.3 is 0 Å². The van der Waals surface area contributed by atoms with E-state index in [2.05, 4.69) is 54.0 Å². The summed E-state index contributed by atoms with van der Waals surface area (Å²) in [5.41, 5.74) is 7.74. The van der Waals surface area contributed by atoms with Gasteiger partial charge in [-0.1, -0.05) is 44.2 Å². The molecule has 1 aromatic carbocycles. The van der Waals surface area contributed by atoms with Crippen LogP contribution >= 0.6 is 0 Å². The van der Waals surface area contributed by atoms with Crippen molar-refractivity contribution >= 4 is 0 Å². The minimum atomic E-state index is 0.126. The van der Waals surface area contributed by atoms with Gasteiger partial charge in [0.25, 0.3) is 0 Å². The third kappa shape index (κ3) is 3.40. The van der Waals surface area contributed by atoms with Crippen molar-refractivity contribution in [1.29, 1.82) is 0 Å². The van der Waals surface area contributed by atoms with Crippen LogP contribution in [0.2, 0.25) is 0 Å². The fourth-order valence-corrected chi connectivity index (χ4v) is 3.32. The molecule has 1 heterocycles. The largest absolute Gasteiger partial charge is 0.329 e. The third-order valence-corrected chi connectivity index (χ3v) is 4.90. The minimum absolute atomic E-state index is 0.126. The van der Waals surface area contributed by atoms with Gasteiger partial charge < -0.3 is 10.6 Å². The van der Waals surface area contributed by atoms with Crippen LogP contribution in [0.5, 0.6) is 0 Å². The van der Waals surface area contributed by atoms with Crippen molar-refractivity contribution in [3.63, 3.8) is 0 Å². The van der Waals surface area contributed by atoms with Crippen LogP contribution in [0.3, 0.4) is 0 Å². The van der Waals surface area contributed by atoms with E-state index < -0.39 is 0 Å². The first-order chi connectivity index (χ1) is 9.74. The van der Waals surface area contributed by atoms with Crippen molar-refractivity contribution in [2.45, 2.75) is 32.2 Å². The van der Waals surface area contributed by atoms with Gasteiger partial charge in [0.15, 0.2) is 0 Å². The highest BCUT2D eigenvalue weighted by atomic mass is 15.3. The van der Waals surface area contributed by atoms with Gasteiger partial charge in [-0.15, -0.1) is 0 Å². The van der Waals surface area contributed by atoms with Crippen molar-refractivity contribution in [2.75, 3.05) is 39.3 Å². The molecule has 1 fully saturated rings. The Hall–Kier alpha value is -0.900. The van der Waals surface area contributed by atoms with Gasteiger partial charge in [-0.25, -0.2) is 0 Å². The van der Waals surface area contributed by atoms with Gasteiger partial charge in [0, 0.05) is 38.3 Å². The zero-order chi connectivity index (χ0) is 14.4. The van der Waals surface area contributed by atoms with Crippen molar-refractivity contribution < 1.29 is 0 Å². The molecule has 0 radical (unpaired) electrons. The van der Waals surface area contributed by atoms with Crippen LogP contribution in [0, 0.1) is 0 Å². The zero-order valence-electron chi connectivity index (χ0n) is 13.0.